The highest BCUT2D eigenvalue weighted by Gasteiger charge is 2.43. The van der Waals surface area contributed by atoms with Gasteiger partial charge in [0, 0.05) is 29.7 Å². The highest BCUT2D eigenvalue weighted by molar-refractivity contribution is 7.19. The van der Waals surface area contributed by atoms with Crippen molar-refractivity contribution in [2.24, 2.45) is 7.05 Å². The van der Waals surface area contributed by atoms with Crippen LogP contribution in [-0.4, -0.2) is 22.2 Å². The predicted molar refractivity (Wildman–Crippen MR) is 161 cm³/mol. The van der Waals surface area contributed by atoms with Crippen molar-refractivity contribution >= 4 is 50.8 Å². The van der Waals surface area contributed by atoms with Crippen LogP contribution in [0.4, 0.5) is 0 Å². The third-order valence-corrected chi connectivity index (χ3v) is 12.2. The summed E-state index contributed by atoms with van der Waals surface area (Å²) in [6.07, 6.45) is 4.15. The van der Waals surface area contributed by atoms with E-state index in [-0.39, 0.29) is 0 Å². The summed E-state index contributed by atoms with van der Waals surface area (Å²) >= 11 is 0. The number of hydrogen-bond donors (Lipinski definition) is 0. The van der Waals surface area contributed by atoms with E-state index in [0.29, 0.717) is 0 Å². The molecule has 0 atom stereocenters. The van der Waals surface area contributed by atoms with Crippen molar-refractivity contribution in [3.05, 3.63) is 146 Å². The van der Waals surface area contributed by atoms with Gasteiger partial charge in [0.1, 0.15) is 0 Å². The van der Waals surface area contributed by atoms with Crippen molar-refractivity contribution in [1.29, 1.82) is 0 Å². The van der Waals surface area contributed by atoms with Gasteiger partial charge in [-0.3, -0.25) is 0 Å². The van der Waals surface area contributed by atoms with Gasteiger partial charge in [0.2, 0.25) is 8.07 Å². The monoisotopic (exact) mass is 505 g/mol. The lowest BCUT2D eigenvalue weighted by Gasteiger charge is -2.32. The van der Waals surface area contributed by atoms with E-state index in [4.69, 9.17) is 4.98 Å². The predicted octanol–water partition coefficient (Wildman–Crippen LogP) is 4.89. The molecule has 0 aliphatic rings. The van der Waals surface area contributed by atoms with Crippen LogP contribution in [-0.2, 0) is 7.05 Å². The SMILES string of the molecule is Cn1cnc([Si](c2ccccc2)(c2ccccc2)c2ccc3c(c2)c2ccccc2n3-c2ccccc2)c1. The molecule has 7 rings (SSSR count). The molecule has 0 bridgehead atoms. The molecule has 4 heteroatoms. The number of imidazole rings is 1. The van der Waals surface area contributed by atoms with Gasteiger partial charge in [-0.2, -0.15) is 0 Å². The van der Waals surface area contributed by atoms with Gasteiger partial charge in [0.25, 0.3) is 0 Å². The Hall–Kier alpha value is -4.67. The first-order valence-electron chi connectivity index (χ1n) is 13.0. The molecule has 0 fully saturated rings. The average molecular weight is 506 g/mol. The molecule has 2 heterocycles. The maximum atomic E-state index is 5.03. The topological polar surface area (TPSA) is 22.8 Å². The van der Waals surface area contributed by atoms with E-state index in [1.54, 1.807) is 0 Å². The first kappa shape index (κ1) is 22.5. The number of rotatable bonds is 5. The maximum Gasteiger partial charge on any atom is 0.203 e. The minimum atomic E-state index is -2.69. The molecular weight excluding hydrogens is 478 g/mol. The molecule has 7 aromatic rings. The van der Waals surface area contributed by atoms with Crippen LogP contribution in [0.25, 0.3) is 27.5 Å². The summed E-state index contributed by atoms with van der Waals surface area (Å²) in [5.41, 5.74) is 3.60. The van der Waals surface area contributed by atoms with E-state index in [0.717, 1.165) is 5.32 Å². The fraction of sp³-hybridized carbons (Fsp3) is 0.0294. The molecule has 3 nitrogen and oxygen atoms in total. The second-order valence-electron chi connectivity index (χ2n) is 9.83. The largest absolute Gasteiger partial charge is 0.341 e. The van der Waals surface area contributed by atoms with Gasteiger partial charge in [0.05, 0.1) is 22.7 Å². The van der Waals surface area contributed by atoms with Crippen LogP contribution >= 0.6 is 0 Å². The van der Waals surface area contributed by atoms with E-state index in [9.17, 15) is 0 Å². The smallest absolute Gasteiger partial charge is 0.203 e. The van der Waals surface area contributed by atoms with Gasteiger partial charge in [-0.05, 0) is 39.8 Å². The Morgan fingerprint density at radius 3 is 1.76 bits per heavy atom. The molecule has 0 aliphatic carbocycles. The van der Waals surface area contributed by atoms with Crippen LogP contribution in [0.3, 0.4) is 0 Å². The van der Waals surface area contributed by atoms with E-state index >= 15 is 0 Å². The Morgan fingerprint density at radius 1 is 0.553 bits per heavy atom. The normalized spacial score (nSPS) is 11.8. The van der Waals surface area contributed by atoms with Gasteiger partial charge in [-0.25, -0.2) is 4.98 Å². The third-order valence-electron chi connectivity index (χ3n) is 7.62. The van der Waals surface area contributed by atoms with E-state index in [1.165, 1.54) is 43.1 Å². The Kier molecular flexibility index (Phi) is 5.34. The molecule has 38 heavy (non-hydrogen) atoms. The average Bonchev–Trinajstić information content (AvgIpc) is 3.56. The second kappa shape index (κ2) is 9.01. The number of para-hydroxylation sites is 2. The first-order valence-corrected chi connectivity index (χ1v) is 15.0. The number of fused-ring (bicyclic) bond motifs is 3. The Labute approximate surface area is 223 Å². The zero-order valence-electron chi connectivity index (χ0n) is 21.2. The molecule has 2 aromatic heterocycles. The Morgan fingerprint density at radius 2 is 1.13 bits per heavy atom. The van der Waals surface area contributed by atoms with Crippen LogP contribution in [0.2, 0.25) is 0 Å². The maximum absolute atomic E-state index is 5.03. The van der Waals surface area contributed by atoms with Crippen molar-refractivity contribution in [2.75, 3.05) is 0 Å². The van der Waals surface area contributed by atoms with Crippen LogP contribution in [0, 0.1) is 0 Å². The molecule has 0 saturated heterocycles. The first-order chi connectivity index (χ1) is 18.8. The molecule has 0 aliphatic heterocycles. The Balaban J connectivity index is 1.61. The van der Waals surface area contributed by atoms with Crippen LogP contribution < -0.4 is 20.9 Å². The van der Waals surface area contributed by atoms with E-state index < -0.39 is 8.07 Å². The highest BCUT2D eigenvalue weighted by Crippen LogP contribution is 2.31. The Bertz CT molecular complexity index is 1830. The third kappa shape index (κ3) is 3.38. The fourth-order valence-corrected chi connectivity index (χ4v) is 10.6. The van der Waals surface area contributed by atoms with Crippen molar-refractivity contribution in [3.8, 4) is 5.69 Å². The van der Waals surface area contributed by atoms with Crippen molar-refractivity contribution in [3.63, 3.8) is 0 Å². The van der Waals surface area contributed by atoms with Crippen LogP contribution in [0.15, 0.2) is 146 Å². The van der Waals surface area contributed by atoms with Gasteiger partial charge in [-0.15, -0.1) is 0 Å². The molecule has 0 spiro atoms. The van der Waals surface area contributed by atoms with Crippen molar-refractivity contribution in [1.82, 2.24) is 14.1 Å². The molecule has 0 N–H and O–H groups in total. The quantitative estimate of drug-likeness (QED) is 0.241. The second-order valence-corrected chi connectivity index (χ2v) is 13.6. The van der Waals surface area contributed by atoms with Gasteiger partial charge in [0.15, 0.2) is 0 Å². The molecule has 0 radical (unpaired) electrons. The van der Waals surface area contributed by atoms with Gasteiger partial charge >= 0.3 is 0 Å². The number of nitrogens with zero attached hydrogens (tertiary/aromatic N) is 3. The van der Waals surface area contributed by atoms with Crippen molar-refractivity contribution in [2.45, 2.75) is 0 Å². The van der Waals surface area contributed by atoms with E-state index in [2.05, 4.69) is 156 Å². The summed E-state index contributed by atoms with van der Waals surface area (Å²) in [5.74, 6) is 0. The lowest BCUT2D eigenvalue weighted by molar-refractivity contribution is 0.913. The number of aromatic nitrogens is 3. The zero-order valence-corrected chi connectivity index (χ0v) is 22.2. The summed E-state index contributed by atoms with van der Waals surface area (Å²) in [6, 6.07) is 48.4. The lowest BCUT2D eigenvalue weighted by Crippen LogP contribution is -2.75. The minimum Gasteiger partial charge on any atom is -0.341 e. The zero-order chi connectivity index (χ0) is 25.5. The molecular formula is C34H27N3Si. The van der Waals surface area contributed by atoms with Gasteiger partial charge in [-0.1, -0.05) is 109 Å². The lowest BCUT2D eigenvalue weighted by atomic mass is 10.1. The standard InChI is InChI=1S/C34H27N3Si/c1-36-24-34(35-25-36)38(27-15-7-3-8-16-27,28-17-9-4-10-18-28)29-21-22-33-31(23-29)30-19-11-12-20-32(30)37(33)26-13-5-2-6-14-26/h2-25H,1H3. The molecule has 0 unspecified atom stereocenters. The summed E-state index contributed by atoms with van der Waals surface area (Å²) in [7, 11) is -0.637. The fourth-order valence-electron chi connectivity index (χ4n) is 5.99. The summed E-state index contributed by atoms with van der Waals surface area (Å²) in [6.45, 7) is 0. The molecule has 182 valence electrons. The van der Waals surface area contributed by atoms with Crippen molar-refractivity contribution < 1.29 is 0 Å². The summed E-state index contributed by atoms with van der Waals surface area (Å²) < 4.78 is 4.45. The summed E-state index contributed by atoms with van der Waals surface area (Å²) in [5, 5.41) is 7.66. The number of hydrogen-bond acceptors (Lipinski definition) is 1. The molecule has 5 aromatic carbocycles. The van der Waals surface area contributed by atoms with Gasteiger partial charge < -0.3 is 9.13 Å². The number of aryl methyl sites for hydroxylation is 1. The summed E-state index contributed by atoms with van der Waals surface area (Å²) in [4.78, 5) is 5.03. The highest BCUT2D eigenvalue weighted by atomic mass is 28.3. The van der Waals surface area contributed by atoms with Crippen LogP contribution in [0.5, 0.6) is 0 Å². The van der Waals surface area contributed by atoms with Crippen LogP contribution in [0.1, 0.15) is 0 Å². The molecule has 0 saturated carbocycles. The van der Waals surface area contributed by atoms with E-state index in [1.807, 2.05) is 6.33 Å². The minimum absolute atomic E-state index is 1.14. The number of benzene rings is 5. The molecule has 0 amide bonds.